The number of carbonyl (C=O) groups excluding carboxylic acids is 1. The van der Waals surface area contributed by atoms with Crippen molar-refractivity contribution in [2.45, 2.75) is 19.3 Å². The number of ether oxygens (including phenoxy) is 1. The molecule has 0 atom stereocenters. The van der Waals surface area contributed by atoms with Gasteiger partial charge in [0.15, 0.2) is 0 Å². The van der Waals surface area contributed by atoms with Crippen molar-refractivity contribution in [3.05, 3.63) is 53.6 Å². The van der Waals surface area contributed by atoms with E-state index in [4.69, 9.17) is 4.74 Å². The zero-order chi connectivity index (χ0) is 19.9. The molecule has 0 spiro atoms. The van der Waals surface area contributed by atoms with E-state index in [2.05, 4.69) is 9.97 Å². The molecule has 0 bridgehead atoms. The number of benzene rings is 2. The van der Waals surface area contributed by atoms with Gasteiger partial charge in [0.2, 0.25) is 11.9 Å². The molecule has 2 N–H and O–H groups in total. The van der Waals surface area contributed by atoms with Gasteiger partial charge in [0, 0.05) is 13.1 Å². The highest BCUT2D eigenvalue weighted by molar-refractivity contribution is 5.99. The van der Waals surface area contributed by atoms with E-state index in [1.165, 1.54) is 4.90 Å². The van der Waals surface area contributed by atoms with E-state index in [1.807, 2.05) is 36.4 Å². The number of methoxy groups -OCH3 is 1. The van der Waals surface area contributed by atoms with Gasteiger partial charge in [-0.15, -0.1) is 0 Å². The summed E-state index contributed by atoms with van der Waals surface area (Å²) in [6, 6.07) is 13.2. The van der Waals surface area contributed by atoms with Crippen LogP contribution in [0.1, 0.15) is 17.5 Å². The summed E-state index contributed by atoms with van der Waals surface area (Å²) in [4.78, 5) is 34.1. The molecule has 0 saturated heterocycles. The first-order valence-corrected chi connectivity index (χ1v) is 9.02. The fourth-order valence-electron chi connectivity index (χ4n) is 4.05. The molecule has 7 nitrogen and oxygen atoms in total. The molecule has 1 aliphatic carbocycles. The molecule has 1 aromatic heterocycles. The summed E-state index contributed by atoms with van der Waals surface area (Å²) in [7, 11) is 3.21. The average Bonchev–Trinajstić information content (AvgIpc) is 3.26. The second-order valence-electron chi connectivity index (χ2n) is 7.28. The highest BCUT2D eigenvalue weighted by Crippen LogP contribution is 2.41. The molecular weight excluding hydrogens is 358 g/mol. The van der Waals surface area contributed by atoms with Gasteiger partial charge in [0.1, 0.15) is 5.75 Å². The number of rotatable bonds is 5. The lowest BCUT2D eigenvalue weighted by atomic mass is 9.80. The van der Waals surface area contributed by atoms with Crippen LogP contribution in [0.2, 0.25) is 0 Å². The Morgan fingerprint density at radius 1 is 1.21 bits per heavy atom. The maximum absolute atomic E-state index is 13.4. The summed E-state index contributed by atoms with van der Waals surface area (Å²) < 4.78 is 5.22. The standard InChI is InChI=1S/C21H21N3O4/c1-24(20-22-16-8-7-15(28-2)9-17(16)23-20)19(27)21(12-18(25)26)10-13-5-3-4-6-14(13)11-21/h3-9H,10-12H2,1-2H3,(H,22,23)(H,25,26). The molecule has 0 unspecified atom stereocenters. The molecule has 2 aromatic carbocycles. The highest BCUT2D eigenvalue weighted by Gasteiger charge is 2.47. The molecule has 0 fully saturated rings. The van der Waals surface area contributed by atoms with E-state index < -0.39 is 11.4 Å². The van der Waals surface area contributed by atoms with Crippen molar-refractivity contribution in [2.75, 3.05) is 19.1 Å². The minimum absolute atomic E-state index is 0.223. The number of anilines is 1. The SMILES string of the molecule is COc1ccc2nc(N(C)C(=O)C3(CC(=O)O)Cc4ccccc4C3)[nH]c2c1. The van der Waals surface area contributed by atoms with E-state index in [1.54, 1.807) is 20.2 Å². The first-order chi connectivity index (χ1) is 13.4. The van der Waals surface area contributed by atoms with Crippen LogP contribution in [0.5, 0.6) is 5.75 Å². The maximum Gasteiger partial charge on any atom is 0.304 e. The summed E-state index contributed by atoms with van der Waals surface area (Å²) >= 11 is 0. The van der Waals surface area contributed by atoms with E-state index in [9.17, 15) is 14.7 Å². The molecule has 28 heavy (non-hydrogen) atoms. The monoisotopic (exact) mass is 379 g/mol. The second kappa shape index (κ2) is 6.67. The Balaban J connectivity index is 1.68. The van der Waals surface area contributed by atoms with Crippen LogP contribution in [-0.2, 0) is 22.4 Å². The van der Waals surface area contributed by atoms with Crippen molar-refractivity contribution >= 4 is 28.9 Å². The number of hydrogen-bond acceptors (Lipinski definition) is 4. The van der Waals surface area contributed by atoms with Crippen molar-refractivity contribution in [3.8, 4) is 5.75 Å². The number of H-pyrrole nitrogens is 1. The number of nitrogens with one attached hydrogen (secondary N) is 1. The number of aromatic amines is 1. The van der Waals surface area contributed by atoms with Gasteiger partial charge in [-0.05, 0) is 36.1 Å². The Morgan fingerprint density at radius 2 is 1.89 bits per heavy atom. The largest absolute Gasteiger partial charge is 0.497 e. The topological polar surface area (TPSA) is 95.5 Å². The van der Waals surface area contributed by atoms with Crippen LogP contribution in [0.3, 0.4) is 0 Å². The first kappa shape index (κ1) is 18.0. The molecule has 4 rings (SSSR count). The Hall–Kier alpha value is -3.35. The molecule has 1 amide bonds. The summed E-state index contributed by atoms with van der Waals surface area (Å²) in [5.41, 5.74) is 2.49. The number of carboxylic acid groups (broad SMARTS) is 1. The third kappa shape index (κ3) is 2.98. The number of carboxylic acids is 1. The summed E-state index contributed by atoms with van der Waals surface area (Å²) in [6.45, 7) is 0. The van der Waals surface area contributed by atoms with E-state index in [0.29, 0.717) is 30.1 Å². The lowest BCUT2D eigenvalue weighted by molar-refractivity contribution is -0.144. The van der Waals surface area contributed by atoms with Crippen LogP contribution in [0.25, 0.3) is 11.0 Å². The molecule has 1 aliphatic rings. The predicted octanol–water partition coefficient (Wildman–Crippen LogP) is 2.79. The van der Waals surface area contributed by atoms with E-state index in [0.717, 1.165) is 16.6 Å². The fraction of sp³-hybridized carbons (Fsp3) is 0.286. The average molecular weight is 379 g/mol. The smallest absolute Gasteiger partial charge is 0.304 e. The highest BCUT2D eigenvalue weighted by atomic mass is 16.5. The zero-order valence-corrected chi connectivity index (χ0v) is 15.7. The van der Waals surface area contributed by atoms with E-state index in [-0.39, 0.29) is 12.3 Å². The molecule has 0 saturated carbocycles. The van der Waals surface area contributed by atoms with Crippen LogP contribution in [0.15, 0.2) is 42.5 Å². The van der Waals surface area contributed by atoms with Crippen molar-refractivity contribution in [1.82, 2.24) is 9.97 Å². The van der Waals surface area contributed by atoms with Crippen LogP contribution >= 0.6 is 0 Å². The predicted molar refractivity (Wildman–Crippen MR) is 105 cm³/mol. The zero-order valence-electron chi connectivity index (χ0n) is 15.7. The van der Waals surface area contributed by atoms with Crippen LogP contribution in [0, 0.1) is 5.41 Å². The number of amides is 1. The Labute approximate surface area is 162 Å². The number of imidazole rings is 1. The first-order valence-electron chi connectivity index (χ1n) is 9.02. The van der Waals surface area contributed by atoms with Gasteiger partial charge in [-0.25, -0.2) is 4.98 Å². The molecule has 3 aromatic rings. The summed E-state index contributed by atoms with van der Waals surface area (Å²) in [5.74, 6) is -0.166. The van der Waals surface area contributed by atoms with Crippen LogP contribution in [0.4, 0.5) is 5.95 Å². The lowest BCUT2D eigenvalue weighted by Crippen LogP contribution is -2.44. The van der Waals surface area contributed by atoms with E-state index >= 15 is 0 Å². The summed E-state index contributed by atoms with van der Waals surface area (Å²) in [6.07, 6.45) is 0.596. The maximum atomic E-state index is 13.4. The number of aromatic nitrogens is 2. The molecule has 1 heterocycles. The Bertz CT molecular complexity index is 1050. The number of fused-ring (bicyclic) bond motifs is 2. The van der Waals surface area contributed by atoms with Crippen LogP contribution in [-0.4, -0.2) is 41.1 Å². The van der Waals surface area contributed by atoms with Crippen LogP contribution < -0.4 is 9.64 Å². The minimum Gasteiger partial charge on any atom is -0.497 e. The molecule has 0 aliphatic heterocycles. The molecule has 0 radical (unpaired) electrons. The Kier molecular flexibility index (Phi) is 4.30. The van der Waals surface area contributed by atoms with Gasteiger partial charge in [0.25, 0.3) is 0 Å². The van der Waals surface area contributed by atoms with Gasteiger partial charge in [-0.2, -0.15) is 0 Å². The molecule has 144 valence electrons. The number of nitrogens with zero attached hydrogens (tertiary/aromatic N) is 2. The third-order valence-corrected chi connectivity index (χ3v) is 5.42. The lowest BCUT2D eigenvalue weighted by Gasteiger charge is -2.30. The van der Waals surface area contributed by atoms with Crippen molar-refractivity contribution in [1.29, 1.82) is 0 Å². The number of carbonyl (C=O) groups is 2. The Morgan fingerprint density at radius 3 is 2.50 bits per heavy atom. The van der Waals surface area contributed by atoms with Crippen molar-refractivity contribution in [3.63, 3.8) is 0 Å². The number of aliphatic carboxylic acids is 1. The normalized spacial score (nSPS) is 14.6. The quantitative estimate of drug-likeness (QED) is 0.711. The summed E-state index contributed by atoms with van der Waals surface area (Å²) in [5, 5.41) is 9.48. The van der Waals surface area contributed by atoms with Crippen molar-refractivity contribution in [2.24, 2.45) is 5.41 Å². The van der Waals surface area contributed by atoms with Crippen molar-refractivity contribution < 1.29 is 19.4 Å². The van der Waals surface area contributed by atoms with Gasteiger partial charge < -0.3 is 14.8 Å². The molecule has 7 heteroatoms. The van der Waals surface area contributed by atoms with Gasteiger partial charge >= 0.3 is 5.97 Å². The van der Waals surface area contributed by atoms with Gasteiger partial charge in [0.05, 0.1) is 30.0 Å². The molecular formula is C21H21N3O4. The fourth-order valence-corrected chi connectivity index (χ4v) is 4.05. The van der Waals surface area contributed by atoms with Gasteiger partial charge in [-0.3, -0.25) is 14.5 Å². The number of hydrogen-bond donors (Lipinski definition) is 2. The second-order valence-corrected chi connectivity index (χ2v) is 7.28. The van der Waals surface area contributed by atoms with Gasteiger partial charge in [-0.1, -0.05) is 24.3 Å². The minimum atomic E-state index is -1.01. The third-order valence-electron chi connectivity index (χ3n) is 5.42.